The van der Waals surface area contributed by atoms with E-state index >= 15 is 0 Å². The number of anilines is 1. The lowest BCUT2D eigenvalue weighted by atomic mass is 10.0. The van der Waals surface area contributed by atoms with E-state index in [1.807, 2.05) is 53.8 Å². The molecule has 0 aromatic heterocycles. The first-order valence-electron chi connectivity index (χ1n) is 6.75. The fourth-order valence-corrected chi connectivity index (χ4v) is 4.38. The molecule has 0 saturated heterocycles. The third-order valence-corrected chi connectivity index (χ3v) is 5.64. The highest BCUT2D eigenvalue weighted by Crippen LogP contribution is 2.42. The second kappa shape index (κ2) is 5.73. The Morgan fingerprint density at radius 3 is 2.43 bits per heavy atom. The molecule has 0 radical (unpaired) electrons. The van der Waals surface area contributed by atoms with Gasteiger partial charge in [0.25, 0.3) is 0 Å². The lowest BCUT2D eigenvalue weighted by Gasteiger charge is -2.27. The Morgan fingerprint density at radius 2 is 1.76 bits per heavy atom. The molecule has 2 aliphatic rings. The Hall–Kier alpha value is -1.46. The Morgan fingerprint density at radius 1 is 1.10 bits per heavy atom. The quantitative estimate of drug-likeness (QED) is 0.581. The molecule has 2 heterocycles. The van der Waals surface area contributed by atoms with Crippen molar-refractivity contribution >= 4 is 40.8 Å². The molecule has 3 rings (SSSR count). The molecule has 0 fully saturated rings. The average molecular weight is 317 g/mol. The van der Waals surface area contributed by atoms with Gasteiger partial charge in [-0.1, -0.05) is 35.7 Å². The summed E-state index contributed by atoms with van der Waals surface area (Å²) >= 11 is 2.90. The normalized spacial score (nSPS) is 18.5. The van der Waals surface area contributed by atoms with Crippen LogP contribution in [0.25, 0.3) is 0 Å². The highest BCUT2D eigenvalue weighted by molar-refractivity contribution is 8.27. The number of Topliss-reactive ketones (excluding diaryl/α,β-unsaturated/α-hetero) is 2. The van der Waals surface area contributed by atoms with E-state index in [1.165, 1.54) is 23.5 Å². The maximum Gasteiger partial charge on any atom is 0.200 e. The van der Waals surface area contributed by atoms with Gasteiger partial charge in [-0.25, -0.2) is 0 Å². The third kappa shape index (κ3) is 2.56. The molecule has 0 spiro atoms. The van der Waals surface area contributed by atoms with Gasteiger partial charge in [0, 0.05) is 17.3 Å². The van der Waals surface area contributed by atoms with Crippen molar-refractivity contribution in [2.75, 3.05) is 11.4 Å². The molecule has 0 unspecified atom stereocenters. The number of nitrogens with zero attached hydrogens (tertiary/aromatic N) is 1. The van der Waals surface area contributed by atoms with Crippen LogP contribution in [-0.4, -0.2) is 24.2 Å². The van der Waals surface area contributed by atoms with Crippen LogP contribution in [0.4, 0.5) is 5.69 Å². The van der Waals surface area contributed by atoms with Crippen molar-refractivity contribution < 1.29 is 9.59 Å². The number of thioether (sulfide) groups is 2. The van der Waals surface area contributed by atoms with E-state index in [9.17, 15) is 9.59 Å². The highest BCUT2D eigenvalue weighted by Gasteiger charge is 2.33. The van der Waals surface area contributed by atoms with Gasteiger partial charge in [0.1, 0.15) is 0 Å². The van der Waals surface area contributed by atoms with Gasteiger partial charge in [-0.2, -0.15) is 0 Å². The zero-order valence-electron chi connectivity index (χ0n) is 11.8. The second-order valence-corrected chi connectivity index (χ2v) is 7.25. The molecule has 1 aromatic rings. The van der Waals surface area contributed by atoms with Gasteiger partial charge in [0.05, 0.1) is 16.4 Å². The minimum Gasteiger partial charge on any atom is -0.361 e. The number of fused-ring (bicyclic) bond motifs is 1. The molecule has 0 amide bonds. The van der Waals surface area contributed by atoms with Crippen molar-refractivity contribution in [3.8, 4) is 0 Å². The van der Waals surface area contributed by atoms with Gasteiger partial charge in [-0.05, 0) is 36.8 Å². The van der Waals surface area contributed by atoms with E-state index < -0.39 is 0 Å². The lowest BCUT2D eigenvalue weighted by molar-refractivity contribution is -0.114. The Balaban J connectivity index is 2.17. The number of para-hydroxylation sites is 1. The summed E-state index contributed by atoms with van der Waals surface area (Å²) in [5, 5.41) is 3.81. The molecule has 1 aromatic carbocycles. The third-order valence-electron chi connectivity index (χ3n) is 3.51. The predicted octanol–water partition coefficient (Wildman–Crippen LogP) is 3.83. The van der Waals surface area contributed by atoms with Crippen LogP contribution in [0.1, 0.15) is 24.2 Å². The molecule has 0 N–H and O–H groups in total. The summed E-state index contributed by atoms with van der Waals surface area (Å²) < 4.78 is 0.797. The molecule has 21 heavy (non-hydrogen) atoms. The monoisotopic (exact) mass is 317 g/mol. The van der Waals surface area contributed by atoms with Crippen LogP contribution in [0.2, 0.25) is 0 Å². The van der Waals surface area contributed by atoms with Crippen LogP contribution < -0.4 is 4.90 Å². The van der Waals surface area contributed by atoms with Gasteiger partial charge < -0.3 is 4.90 Å². The van der Waals surface area contributed by atoms with Gasteiger partial charge in [0.15, 0.2) is 11.6 Å². The number of carbonyl (C=O) groups excluding carboxylic acids is 2. The summed E-state index contributed by atoms with van der Waals surface area (Å²) in [6.07, 6.45) is 0. The fourth-order valence-electron chi connectivity index (χ4n) is 2.49. The smallest absolute Gasteiger partial charge is 0.200 e. The Labute approximate surface area is 132 Å². The maximum atomic E-state index is 12.8. The van der Waals surface area contributed by atoms with E-state index in [2.05, 4.69) is 0 Å². The van der Waals surface area contributed by atoms with Crippen LogP contribution in [0.5, 0.6) is 0 Å². The Bertz CT molecular complexity index is 667. The zero-order chi connectivity index (χ0) is 15.0. The topological polar surface area (TPSA) is 37.4 Å². The summed E-state index contributed by atoms with van der Waals surface area (Å²) in [4.78, 5) is 27.5. The molecule has 2 aliphatic heterocycles. The molecular formula is C16H15NO2S2. The van der Waals surface area contributed by atoms with Crippen molar-refractivity contribution in [2.45, 2.75) is 19.9 Å². The number of carbonyl (C=O) groups is 2. The van der Waals surface area contributed by atoms with E-state index in [0.717, 1.165) is 9.92 Å². The van der Waals surface area contributed by atoms with E-state index in [4.69, 9.17) is 0 Å². The van der Waals surface area contributed by atoms with Gasteiger partial charge in [0.2, 0.25) is 0 Å². The average Bonchev–Trinajstić information content (AvgIpc) is 2.95. The van der Waals surface area contributed by atoms with Gasteiger partial charge >= 0.3 is 0 Å². The largest absolute Gasteiger partial charge is 0.361 e. The SMILES string of the molecule is CC(C)N1CC(=O)C(=C2SC=CS2)C(=O)c2ccccc21. The lowest BCUT2D eigenvalue weighted by Crippen LogP contribution is -2.35. The fraction of sp³-hybridized carbons (Fsp3) is 0.250. The minimum absolute atomic E-state index is 0.0939. The van der Waals surface area contributed by atoms with Crippen LogP contribution in [0.15, 0.2) is 44.9 Å². The zero-order valence-corrected chi connectivity index (χ0v) is 13.5. The maximum absolute atomic E-state index is 12.8. The molecule has 0 aliphatic carbocycles. The standard InChI is InChI=1S/C16H15NO2S2/c1-10(2)17-9-13(18)14(16-20-7-8-21-16)15(19)11-5-3-4-6-12(11)17/h3-8,10H,9H2,1-2H3. The summed E-state index contributed by atoms with van der Waals surface area (Å²) in [5.41, 5.74) is 1.81. The van der Waals surface area contributed by atoms with Crippen LogP contribution >= 0.6 is 23.5 Å². The number of rotatable bonds is 1. The summed E-state index contributed by atoms with van der Waals surface area (Å²) in [6, 6.07) is 7.64. The molecule has 0 bridgehead atoms. The number of benzene rings is 1. The molecule has 108 valence electrons. The summed E-state index contributed by atoms with van der Waals surface area (Å²) in [5.74, 6) is -0.249. The van der Waals surface area contributed by atoms with Crippen LogP contribution in [0, 0.1) is 0 Å². The van der Waals surface area contributed by atoms with Crippen molar-refractivity contribution in [3.63, 3.8) is 0 Å². The molecule has 0 atom stereocenters. The number of ketones is 2. The molecule has 3 nitrogen and oxygen atoms in total. The van der Waals surface area contributed by atoms with E-state index in [0.29, 0.717) is 11.1 Å². The first-order valence-corrected chi connectivity index (χ1v) is 8.51. The molecule has 0 saturated carbocycles. The minimum atomic E-state index is -0.155. The Kier molecular flexibility index (Phi) is 3.95. The van der Waals surface area contributed by atoms with Crippen LogP contribution in [0.3, 0.4) is 0 Å². The number of hydrogen-bond donors (Lipinski definition) is 0. The highest BCUT2D eigenvalue weighted by atomic mass is 32.2. The van der Waals surface area contributed by atoms with Crippen molar-refractivity contribution in [1.29, 1.82) is 0 Å². The molecule has 5 heteroatoms. The first kappa shape index (κ1) is 14.5. The first-order chi connectivity index (χ1) is 10.1. The summed E-state index contributed by atoms with van der Waals surface area (Å²) in [7, 11) is 0. The van der Waals surface area contributed by atoms with Gasteiger partial charge in [-0.3, -0.25) is 9.59 Å². The number of hydrogen-bond acceptors (Lipinski definition) is 5. The van der Waals surface area contributed by atoms with Crippen LogP contribution in [-0.2, 0) is 4.79 Å². The van der Waals surface area contributed by atoms with Crippen molar-refractivity contribution in [3.05, 3.63) is 50.5 Å². The second-order valence-electron chi connectivity index (χ2n) is 5.16. The molecular weight excluding hydrogens is 302 g/mol. The predicted molar refractivity (Wildman–Crippen MR) is 89.6 cm³/mol. The van der Waals surface area contributed by atoms with Crippen molar-refractivity contribution in [2.24, 2.45) is 0 Å². The van der Waals surface area contributed by atoms with Gasteiger partial charge in [-0.15, -0.1) is 0 Å². The van der Waals surface area contributed by atoms with E-state index in [-0.39, 0.29) is 24.2 Å². The van der Waals surface area contributed by atoms with E-state index in [1.54, 1.807) is 0 Å². The summed E-state index contributed by atoms with van der Waals surface area (Å²) in [6.45, 7) is 4.32. The van der Waals surface area contributed by atoms with Crippen molar-refractivity contribution in [1.82, 2.24) is 0 Å².